The lowest BCUT2D eigenvalue weighted by Crippen LogP contribution is -2.13. The van der Waals surface area contributed by atoms with Crippen molar-refractivity contribution in [1.29, 1.82) is 0 Å². The standard InChI is InChI=1S/C28H23N3O4S/c29-36(33,34)20-11-9-19(10-12-20)25-13-14-26(35-25)21-15-27(32)30-23-7-4-8-24-28(23)22(21)17-31(24)16-18-5-2-1-3-6-18/h1-14,17,21H,15-16H2,(H,30,32)(H2,29,33,34)/t21-/m1/s1. The van der Waals surface area contributed by atoms with Crippen LogP contribution in [0.4, 0.5) is 5.69 Å². The number of aromatic nitrogens is 1. The number of furan rings is 1. The van der Waals surface area contributed by atoms with E-state index in [4.69, 9.17) is 9.56 Å². The van der Waals surface area contributed by atoms with E-state index < -0.39 is 10.0 Å². The second-order valence-corrected chi connectivity index (χ2v) is 10.5. The van der Waals surface area contributed by atoms with Gasteiger partial charge in [0.15, 0.2) is 0 Å². The van der Waals surface area contributed by atoms with E-state index in [1.54, 1.807) is 12.1 Å². The molecule has 180 valence electrons. The molecule has 0 saturated heterocycles. The van der Waals surface area contributed by atoms with E-state index in [0.29, 0.717) is 18.1 Å². The molecule has 5 aromatic rings. The number of nitrogens with one attached hydrogen (secondary N) is 1. The van der Waals surface area contributed by atoms with Gasteiger partial charge in [0.25, 0.3) is 0 Å². The molecule has 3 N–H and O–H groups in total. The van der Waals surface area contributed by atoms with Gasteiger partial charge in [-0.2, -0.15) is 0 Å². The molecule has 0 unspecified atom stereocenters. The van der Waals surface area contributed by atoms with Crippen LogP contribution in [0.25, 0.3) is 22.2 Å². The molecule has 3 aromatic carbocycles. The number of anilines is 1. The summed E-state index contributed by atoms with van der Waals surface area (Å²) in [5.74, 6) is 0.911. The van der Waals surface area contributed by atoms with Gasteiger partial charge in [-0.05, 0) is 59.7 Å². The maximum Gasteiger partial charge on any atom is 0.238 e. The highest BCUT2D eigenvalue weighted by Gasteiger charge is 2.30. The van der Waals surface area contributed by atoms with E-state index in [0.717, 1.165) is 27.7 Å². The highest BCUT2D eigenvalue weighted by atomic mass is 32.2. The highest BCUT2D eigenvalue weighted by Crippen LogP contribution is 2.42. The number of carbonyl (C=O) groups excluding carboxylic acids is 1. The summed E-state index contributed by atoms with van der Waals surface area (Å²) in [5.41, 5.74) is 4.78. The molecule has 2 aromatic heterocycles. The second kappa shape index (κ2) is 8.51. The van der Waals surface area contributed by atoms with Crippen LogP contribution in [0.3, 0.4) is 0 Å². The third kappa shape index (κ3) is 4.00. The molecule has 0 bridgehead atoms. The molecule has 1 amide bonds. The van der Waals surface area contributed by atoms with Crippen LogP contribution in [0.5, 0.6) is 0 Å². The topological polar surface area (TPSA) is 107 Å². The first-order valence-electron chi connectivity index (χ1n) is 11.6. The molecule has 3 heterocycles. The van der Waals surface area contributed by atoms with Crippen LogP contribution in [0, 0.1) is 0 Å². The van der Waals surface area contributed by atoms with Crippen LogP contribution >= 0.6 is 0 Å². The van der Waals surface area contributed by atoms with Crippen LogP contribution in [0.15, 0.2) is 100 Å². The fraction of sp³-hybridized carbons (Fsp3) is 0.107. The van der Waals surface area contributed by atoms with Crippen LogP contribution < -0.4 is 10.5 Å². The maximum atomic E-state index is 12.8. The minimum Gasteiger partial charge on any atom is -0.460 e. The zero-order chi connectivity index (χ0) is 24.9. The largest absolute Gasteiger partial charge is 0.460 e. The summed E-state index contributed by atoms with van der Waals surface area (Å²) in [6.07, 6.45) is 2.37. The molecule has 1 atom stereocenters. The van der Waals surface area contributed by atoms with E-state index in [-0.39, 0.29) is 23.1 Å². The molecule has 1 aliphatic heterocycles. The summed E-state index contributed by atoms with van der Waals surface area (Å²) in [7, 11) is -3.77. The molecular formula is C28H23N3O4S. The predicted molar refractivity (Wildman–Crippen MR) is 138 cm³/mol. The minimum absolute atomic E-state index is 0.0391. The Morgan fingerprint density at radius 2 is 1.72 bits per heavy atom. The zero-order valence-electron chi connectivity index (χ0n) is 19.2. The average molecular weight is 498 g/mol. The minimum atomic E-state index is -3.77. The second-order valence-electron chi connectivity index (χ2n) is 8.97. The summed E-state index contributed by atoms with van der Waals surface area (Å²) in [4.78, 5) is 12.9. The third-order valence-electron chi connectivity index (χ3n) is 6.61. The lowest BCUT2D eigenvalue weighted by molar-refractivity contribution is -0.116. The van der Waals surface area contributed by atoms with Crippen molar-refractivity contribution in [2.75, 3.05) is 5.32 Å². The summed E-state index contributed by atoms with van der Waals surface area (Å²) in [6, 6.07) is 26.2. The summed E-state index contributed by atoms with van der Waals surface area (Å²) >= 11 is 0. The fourth-order valence-corrected chi connectivity index (χ4v) is 5.43. The molecule has 0 spiro atoms. The maximum absolute atomic E-state index is 12.8. The number of nitrogens with two attached hydrogens (primary N) is 1. The fourth-order valence-electron chi connectivity index (χ4n) is 4.92. The van der Waals surface area contributed by atoms with Gasteiger partial charge in [-0.15, -0.1) is 0 Å². The number of hydrogen-bond donors (Lipinski definition) is 2. The zero-order valence-corrected chi connectivity index (χ0v) is 20.0. The Hall–Kier alpha value is -4.14. The lowest BCUT2D eigenvalue weighted by atomic mass is 9.93. The lowest BCUT2D eigenvalue weighted by Gasteiger charge is -2.11. The normalized spacial score (nSPS) is 15.6. The van der Waals surface area contributed by atoms with Crippen LogP contribution in [-0.4, -0.2) is 18.9 Å². The molecule has 7 nitrogen and oxygen atoms in total. The van der Waals surface area contributed by atoms with Crippen molar-refractivity contribution in [2.24, 2.45) is 5.14 Å². The molecule has 6 rings (SSSR count). The Balaban J connectivity index is 1.42. The van der Waals surface area contributed by atoms with Crippen molar-refractivity contribution < 1.29 is 17.6 Å². The Kier molecular flexibility index (Phi) is 5.28. The summed E-state index contributed by atoms with van der Waals surface area (Å²) in [5, 5.41) is 9.28. The molecule has 0 saturated carbocycles. The van der Waals surface area contributed by atoms with Gasteiger partial charge >= 0.3 is 0 Å². The Bertz CT molecular complexity index is 1700. The van der Waals surface area contributed by atoms with E-state index in [2.05, 4.69) is 34.3 Å². The third-order valence-corrected chi connectivity index (χ3v) is 7.54. The molecule has 8 heteroatoms. The summed E-state index contributed by atoms with van der Waals surface area (Å²) in [6.45, 7) is 0.710. The number of primary sulfonamides is 1. The monoisotopic (exact) mass is 497 g/mol. The number of carbonyl (C=O) groups is 1. The van der Waals surface area contributed by atoms with E-state index >= 15 is 0 Å². The van der Waals surface area contributed by atoms with Gasteiger partial charge in [0.2, 0.25) is 15.9 Å². The number of sulfonamides is 1. The quantitative estimate of drug-likeness (QED) is 0.353. The molecule has 1 aliphatic rings. The Morgan fingerprint density at radius 1 is 0.944 bits per heavy atom. The van der Waals surface area contributed by atoms with Crippen molar-refractivity contribution in [3.8, 4) is 11.3 Å². The molecule has 0 aliphatic carbocycles. The molecule has 36 heavy (non-hydrogen) atoms. The van der Waals surface area contributed by atoms with Gasteiger partial charge in [-0.25, -0.2) is 13.6 Å². The van der Waals surface area contributed by atoms with Gasteiger partial charge in [0, 0.05) is 30.1 Å². The smallest absolute Gasteiger partial charge is 0.238 e. The van der Waals surface area contributed by atoms with Gasteiger partial charge < -0.3 is 14.3 Å². The first kappa shape index (κ1) is 22.3. The van der Waals surface area contributed by atoms with Crippen LogP contribution in [-0.2, 0) is 21.4 Å². The number of rotatable bonds is 5. The van der Waals surface area contributed by atoms with Crippen LogP contribution in [0.2, 0.25) is 0 Å². The van der Waals surface area contributed by atoms with Gasteiger partial charge in [0.1, 0.15) is 11.5 Å². The van der Waals surface area contributed by atoms with Crippen molar-refractivity contribution in [3.05, 3.63) is 108 Å². The summed E-state index contributed by atoms with van der Waals surface area (Å²) < 4.78 is 31.6. The number of nitrogens with zero attached hydrogens (tertiary/aromatic N) is 1. The number of amides is 1. The first-order chi connectivity index (χ1) is 17.4. The molecular weight excluding hydrogens is 474 g/mol. The first-order valence-corrected chi connectivity index (χ1v) is 13.1. The van der Waals surface area contributed by atoms with Gasteiger partial charge in [-0.1, -0.05) is 36.4 Å². The van der Waals surface area contributed by atoms with Gasteiger partial charge in [-0.3, -0.25) is 4.79 Å². The van der Waals surface area contributed by atoms with Crippen molar-refractivity contribution in [1.82, 2.24) is 4.57 Å². The van der Waals surface area contributed by atoms with E-state index in [9.17, 15) is 13.2 Å². The SMILES string of the molecule is NS(=O)(=O)c1ccc(-c2ccc([C@@H]3CC(=O)Nc4cccc5c4c3cn5Cc3ccccc3)o2)cc1. The van der Waals surface area contributed by atoms with Crippen molar-refractivity contribution in [2.45, 2.75) is 23.8 Å². The van der Waals surface area contributed by atoms with Crippen LogP contribution in [0.1, 0.15) is 29.2 Å². The van der Waals surface area contributed by atoms with E-state index in [1.807, 2.05) is 42.5 Å². The molecule has 0 radical (unpaired) electrons. The molecule has 0 fully saturated rings. The highest BCUT2D eigenvalue weighted by molar-refractivity contribution is 7.89. The number of benzene rings is 3. The Morgan fingerprint density at radius 3 is 2.47 bits per heavy atom. The average Bonchev–Trinajstić information content (AvgIpc) is 3.46. The van der Waals surface area contributed by atoms with Gasteiger partial charge in [0.05, 0.1) is 22.0 Å². The van der Waals surface area contributed by atoms with Crippen molar-refractivity contribution in [3.63, 3.8) is 0 Å². The van der Waals surface area contributed by atoms with E-state index in [1.165, 1.54) is 17.7 Å². The van der Waals surface area contributed by atoms with Crippen molar-refractivity contribution >= 4 is 32.5 Å². The number of hydrogen-bond acceptors (Lipinski definition) is 4. The predicted octanol–water partition coefficient (Wildman–Crippen LogP) is 5.07. The Labute approximate surface area is 208 Å².